The van der Waals surface area contributed by atoms with Crippen molar-refractivity contribution in [2.45, 2.75) is 32.4 Å². The normalized spacial score (nSPS) is 21.4. The van der Waals surface area contributed by atoms with E-state index in [9.17, 15) is 35.9 Å². The van der Waals surface area contributed by atoms with E-state index in [1.54, 1.807) is 4.84 Å². The number of rotatable bonds is 3. The first-order valence-corrected chi connectivity index (χ1v) is 9.69. The van der Waals surface area contributed by atoms with Crippen LogP contribution >= 0.6 is 22.4 Å². The number of carbonyl (C=O) groups is 2. The summed E-state index contributed by atoms with van der Waals surface area (Å²) in [4.78, 5) is 26.0. The van der Waals surface area contributed by atoms with Crippen molar-refractivity contribution in [3.63, 3.8) is 0 Å². The summed E-state index contributed by atoms with van der Waals surface area (Å²) in [7, 11) is -1.75. The van der Waals surface area contributed by atoms with Gasteiger partial charge in [0, 0.05) is 18.3 Å². The number of halogens is 7. The molecular formula is C16H16ClF6N3O2S. The molecule has 162 valence electrons. The summed E-state index contributed by atoms with van der Waals surface area (Å²) in [5.74, 6) is -3.08. The lowest BCUT2D eigenvalue weighted by Crippen LogP contribution is -2.45. The third kappa shape index (κ3) is 5.23. The summed E-state index contributed by atoms with van der Waals surface area (Å²) < 4.78 is 80.2. The molecule has 0 aliphatic carbocycles. The zero-order valence-corrected chi connectivity index (χ0v) is 16.6. The van der Waals surface area contributed by atoms with Gasteiger partial charge in [0.1, 0.15) is 0 Å². The maximum Gasteiger partial charge on any atom is 0.417 e. The van der Waals surface area contributed by atoms with Crippen LogP contribution in [0.2, 0.25) is 0 Å². The lowest BCUT2D eigenvalue weighted by molar-refractivity contribution is -0.154. The second kappa shape index (κ2) is 8.52. The summed E-state index contributed by atoms with van der Waals surface area (Å²) in [6, 6.07) is 3.42. The Bertz CT molecular complexity index is 843. The predicted octanol–water partition coefficient (Wildman–Crippen LogP) is 4.43. The lowest BCUT2D eigenvalue weighted by atomic mass is 10.0. The van der Waals surface area contributed by atoms with Crippen LogP contribution in [-0.2, 0) is 6.18 Å². The molecule has 1 aliphatic rings. The second-order valence-corrected chi connectivity index (χ2v) is 8.16. The van der Waals surface area contributed by atoms with Gasteiger partial charge in [0.15, 0.2) is 0 Å². The van der Waals surface area contributed by atoms with Gasteiger partial charge in [-0.1, -0.05) is 12.1 Å². The van der Waals surface area contributed by atoms with Gasteiger partial charge < -0.3 is 5.32 Å². The minimum absolute atomic E-state index is 0.175. The van der Waals surface area contributed by atoms with Crippen LogP contribution in [0.15, 0.2) is 18.2 Å². The molecule has 29 heavy (non-hydrogen) atoms. The number of nitrogens with one attached hydrogen (secondary N) is 2. The maximum absolute atomic E-state index is 13.3. The van der Waals surface area contributed by atoms with Crippen LogP contribution in [0.5, 0.6) is 0 Å². The number of hydrogen-bond donors (Lipinski definition) is 2. The Labute approximate surface area is 169 Å². The van der Waals surface area contributed by atoms with Crippen LogP contribution in [0, 0.1) is 12.8 Å². The van der Waals surface area contributed by atoms with Gasteiger partial charge in [-0.2, -0.15) is 26.3 Å². The van der Waals surface area contributed by atoms with E-state index in [0.717, 1.165) is 15.7 Å². The molecular weight excluding hydrogens is 448 g/mol. The quantitative estimate of drug-likeness (QED) is 0.396. The van der Waals surface area contributed by atoms with E-state index >= 15 is 0 Å². The Hall–Kier alpha value is -1.79. The Kier molecular flexibility index (Phi) is 6.90. The molecule has 5 nitrogen and oxygen atoms in total. The van der Waals surface area contributed by atoms with Crippen molar-refractivity contribution >= 4 is 39.0 Å². The van der Waals surface area contributed by atoms with Crippen LogP contribution < -0.4 is 10.2 Å². The average molecular weight is 464 g/mol. The summed E-state index contributed by atoms with van der Waals surface area (Å²) in [5.41, 5.74) is -1.98. The van der Waals surface area contributed by atoms with Crippen molar-refractivity contribution in [1.82, 2.24) is 14.5 Å². The molecule has 13 heteroatoms. The van der Waals surface area contributed by atoms with Crippen molar-refractivity contribution in [2.75, 3.05) is 6.54 Å². The highest BCUT2D eigenvalue weighted by Crippen LogP contribution is 2.39. The highest BCUT2D eigenvalue weighted by atomic mass is 35.5. The highest BCUT2D eigenvalue weighted by molar-refractivity contribution is 8.26. The Balaban J connectivity index is 2.29. The molecule has 0 saturated heterocycles. The van der Waals surface area contributed by atoms with Gasteiger partial charge in [-0.05, 0) is 41.5 Å². The van der Waals surface area contributed by atoms with E-state index in [1.165, 1.54) is 26.0 Å². The first-order valence-electron chi connectivity index (χ1n) is 8.07. The molecule has 2 amide bonds. The first kappa shape index (κ1) is 23.5. The molecule has 1 aromatic rings. The van der Waals surface area contributed by atoms with Crippen LogP contribution in [0.3, 0.4) is 0 Å². The molecule has 0 fully saturated rings. The van der Waals surface area contributed by atoms with Gasteiger partial charge in [0.05, 0.1) is 23.2 Å². The standard InChI is InChI=1S/C16H16ClF6N3O2S/c1-8-4-3-5-11(12(8)16(21,22)23)13(27)24-9(2)26-6-10(15(18,19)20)7-29(26)14(28)25-17/h3-5,7,9-10H,6H2,1-2H3,(H,24,27)(H,25,28). The Morgan fingerprint density at radius 3 is 2.38 bits per heavy atom. The predicted molar refractivity (Wildman–Crippen MR) is 97.4 cm³/mol. The minimum Gasteiger partial charge on any atom is -0.336 e. The molecule has 3 atom stereocenters. The molecule has 0 bridgehead atoms. The molecule has 2 N–H and O–H groups in total. The van der Waals surface area contributed by atoms with Gasteiger partial charge in [0.25, 0.3) is 5.91 Å². The van der Waals surface area contributed by atoms with Crippen molar-refractivity contribution in [3.05, 3.63) is 34.9 Å². The van der Waals surface area contributed by atoms with Crippen LogP contribution in [0.25, 0.3) is 0 Å². The molecule has 1 heterocycles. The van der Waals surface area contributed by atoms with Crippen molar-refractivity contribution in [1.29, 1.82) is 0 Å². The number of hydrogen-bond acceptors (Lipinski definition) is 3. The second-order valence-electron chi connectivity index (χ2n) is 6.23. The van der Waals surface area contributed by atoms with Crippen LogP contribution in [-0.4, -0.2) is 39.7 Å². The van der Waals surface area contributed by atoms with E-state index in [2.05, 4.69) is 5.32 Å². The third-order valence-corrected chi connectivity index (χ3v) is 6.51. The Morgan fingerprint density at radius 1 is 1.24 bits per heavy atom. The van der Waals surface area contributed by atoms with E-state index in [4.69, 9.17) is 11.8 Å². The van der Waals surface area contributed by atoms with Crippen LogP contribution in [0.1, 0.15) is 28.4 Å². The molecule has 2 rings (SSSR count). The fourth-order valence-electron chi connectivity index (χ4n) is 2.84. The Morgan fingerprint density at radius 2 is 1.86 bits per heavy atom. The number of aryl methyl sites for hydroxylation is 1. The monoisotopic (exact) mass is 463 g/mol. The molecule has 0 saturated carbocycles. The molecule has 0 aromatic heterocycles. The molecule has 0 spiro atoms. The fraction of sp³-hybridized carbons (Fsp3) is 0.438. The van der Waals surface area contributed by atoms with Gasteiger partial charge in [-0.15, -0.1) is 0 Å². The maximum atomic E-state index is 13.3. The number of amides is 2. The van der Waals surface area contributed by atoms with Gasteiger partial charge in [0.2, 0.25) is 0 Å². The molecule has 1 aliphatic heterocycles. The lowest BCUT2D eigenvalue weighted by Gasteiger charge is -2.28. The molecule has 1 aromatic carbocycles. The summed E-state index contributed by atoms with van der Waals surface area (Å²) >= 11 is 5.22. The van der Waals surface area contributed by atoms with E-state index in [1.807, 2.05) is 0 Å². The number of carbonyl (C=O) groups excluding carboxylic acids is 2. The average Bonchev–Trinajstić information content (AvgIpc) is 3.05. The SMILES string of the molecule is Cc1cccc(C(=O)NC(C)N2CC(C(F)(F)F)C=S2C(=O)NCl)c1C(F)(F)F. The number of benzene rings is 1. The third-order valence-electron chi connectivity index (χ3n) is 4.18. The van der Waals surface area contributed by atoms with E-state index in [-0.39, 0.29) is 5.56 Å². The van der Waals surface area contributed by atoms with Crippen molar-refractivity contribution < 1.29 is 35.9 Å². The summed E-state index contributed by atoms with van der Waals surface area (Å²) in [6.45, 7) is 1.81. The fourth-order valence-corrected chi connectivity index (χ4v) is 4.92. The molecule has 0 radical (unpaired) electrons. The van der Waals surface area contributed by atoms with Gasteiger partial charge in [-0.25, -0.2) is 4.31 Å². The first-order chi connectivity index (χ1) is 13.3. The smallest absolute Gasteiger partial charge is 0.336 e. The summed E-state index contributed by atoms with van der Waals surface area (Å²) in [5, 5.41) is 2.08. The minimum atomic E-state index is -4.80. The van der Waals surface area contributed by atoms with E-state index in [0.29, 0.717) is 0 Å². The zero-order chi connectivity index (χ0) is 22.1. The highest BCUT2D eigenvalue weighted by Gasteiger charge is 2.46. The van der Waals surface area contributed by atoms with Crippen LogP contribution in [0.4, 0.5) is 31.1 Å². The topological polar surface area (TPSA) is 61.4 Å². The zero-order valence-electron chi connectivity index (χ0n) is 15.0. The summed E-state index contributed by atoms with van der Waals surface area (Å²) in [6.07, 6.45) is -10.6. The van der Waals surface area contributed by atoms with Gasteiger partial charge >= 0.3 is 17.6 Å². The van der Waals surface area contributed by atoms with Gasteiger partial charge in [-0.3, -0.25) is 14.4 Å². The van der Waals surface area contributed by atoms with E-state index < -0.39 is 63.9 Å². The largest absolute Gasteiger partial charge is 0.417 e. The number of nitrogens with zero attached hydrogens (tertiary/aromatic N) is 1. The van der Waals surface area contributed by atoms with Crippen molar-refractivity contribution in [2.24, 2.45) is 5.92 Å². The molecule has 3 unspecified atom stereocenters. The van der Waals surface area contributed by atoms with Crippen molar-refractivity contribution in [3.8, 4) is 0 Å². The number of alkyl halides is 6.